The highest BCUT2D eigenvalue weighted by Crippen LogP contribution is 2.39. The van der Waals surface area contributed by atoms with Gasteiger partial charge in [-0.25, -0.2) is 9.59 Å². The minimum Gasteiger partial charge on any atom is -0.458 e. The molecule has 7 nitrogen and oxygen atoms in total. The third-order valence-corrected chi connectivity index (χ3v) is 5.02. The first kappa shape index (κ1) is 22.3. The summed E-state index contributed by atoms with van der Waals surface area (Å²) in [7, 11) is 0. The lowest BCUT2D eigenvalue weighted by atomic mass is 9.82. The van der Waals surface area contributed by atoms with Crippen LogP contribution in [0.3, 0.4) is 0 Å². The number of esters is 3. The summed E-state index contributed by atoms with van der Waals surface area (Å²) >= 11 is 0. The van der Waals surface area contributed by atoms with Crippen LogP contribution in [0.25, 0.3) is 0 Å². The van der Waals surface area contributed by atoms with Crippen molar-refractivity contribution in [2.24, 2.45) is 5.92 Å². The van der Waals surface area contributed by atoms with Crippen molar-refractivity contribution in [1.82, 2.24) is 0 Å². The fraction of sp³-hybridized carbons (Fsp3) is 0.455. The van der Waals surface area contributed by atoms with Crippen molar-refractivity contribution in [2.45, 2.75) is 58.8 Å². The molecule has 29 heavy (non-hydrogen) atoms. The van der Waals surface area contributed by atoms with Gasteiger partial charge in [-0.15, -0.1) is 0 Å². The lowest BCUT2D eigenvalue weighted by molar-refractivity contribution is -0.162. The van der Waals surface area contributed by atoms with Crippen LogP contribution in [0.2, 0.25) is 0 Å². The van der Waals surface area contributed by atoms with Gasteiger partial charge in [-0.2, -0.15) is 0 Å². The Kier molecular flexibility index (Phi) is 6.95. The maximum Gasteiger partial charge on any atom is 0.334 e. The molecular formula is C22H26O7. The van der Waals surface area contributed by atoms with Gasteiger partial charge in [-0.05, 0) is 32.4 Å². The summed E-state index contributed by atoms with van der Waals surface area (Å²) in [6.45, 7) is 13.9. The summed E-state index contributed by atoms with van der Waals surface area (Å²) in [6, 6.07) is 0. The van der Waals surface area contributed by atoms with Gasteiger partial charge in [0.25, 0.3) is 0 Å². The van der Waals surface area contributed by atoms with Gasteiger partial charge in [0.15, 0.2) is 18.0 Å². The number of carbonyl (C=O) groups is 4. The Morgan fingerprint density at radius 2 is 1.86 bits per heavy atom. The Morgan fingerprint density at radius 3 is 2.45 bits per heavy atom. The van der Waals surface area contributed by atoms with Gasteiger partial charge in [0.2, 0.25) is 0 Å². The Morgan fingerprint density at radius 1 is 1.21 bits per heavy atom. The van der Waals surface area contributed by atoms with Crippen LogP contribution in [-0.4, -0.2) is 42.0 Å². The summed E-state index contributed by atoms with van der Waals surface area (Å²) in [5.41, 5.74) is 1.48. The highest BCUT2D eigenvalue weighted by atomic mass is 16.6. The van der Waals surface area contributed by atoms with E-state index in [1.807, 2.05) is 0 Å². The number of allylic oxidation sites excluding steroid dienone is 2. The number of ketones is 1. The molecule has 0 saturated carbocycles. The average molecular weight is 402 g/mol. The maximum absolute atomic E-state index is 12.4. The third kappa shape index (κ3) is 5.10. The number of fused-ring (bicyclic) bond motifs is 1. The van der Waals surface area contributed by atoms with Crippen LogP contribution in [-0.2, 0) is 33.4 Å². The Labute approximate surface area is 170 Å². The van der Waals surface area contributed by atoms with Gasteiger partial charge < -0.3 is 14.2 Å². The molecule has 0 unspecified atom stereocenters. The van der Waals surface area contributed by atoms with Crippen LogP contribution in [0.5, 0.6) is 0 Å². The van der Waals surface area contributed by atoms with Crippen molar-refractivity contribution in [1.29, 1.82) is 0 Å². The van der Waals surface area contributed by atoms with Crippen molar-refractivity contribution in [3.05, 3.63) is 47.6 Å². The van der Waals surface area contributed by atoms with E-state index < -0.39 is 42.1 Å². The summed E-state index contributed by atoms with van der Waals surface area (Å²) < 4.78 is 16.5. The Hall–Kier alpha value is -2.96. The van der Waals surface area contributed by atoms with Crippen LogP contribution in [0.15, 0.2) is 47.6 Å². The van der Waals surface area contributed by atoms with Crippen LogP contribution in [0.1, 0.15) is 40.5 Å². The summed E-state index contributed by atoms with van der Waals surface area (Å²) in [5, 5.41) is 0. The second-order valence-electron chi connectivity index (χ2n) is 7.35. The zero-order valence-electron chi connectivity index (χ0n) is 17.2. The molecule has 0 aromatic carbocycles. The Bertz CT molecular complexity index is 830. The highest BCUT2D eigenvalue weighted by molar-refractivity contribution is 5.93. The molecule has 0 aromatic heterocycles. The zero-order valence-corrected chi connectivity index (χ0v) is 17.2. The molecule has 1 fully saturated rings. The lowest BCUT2D eigenvalue weighted by Gasteiger charge is -2.32. The molecular weight excluding hydrogens is 376 g/mol. The molecule has 0 radical (unpaired) electrons. The molecule has 2 rings (SSSR count). The molecule has 2 aliphatic rings. The van der Waals surface area contributed by atoms with Crippen LogP contribution in [0, 0.1) is 5.92 Å². The SMILES string of the molecule is C=C1CC(=O)/C=C(\C)[C@H](OC(C)=O)[C@H]2OC(=O)C(=C)[C@@H]2[C@H](OC(=O)/C(C)=C/C)C1. The van der Waals surface area contributed by atoms with Gasteiger partial charge >= 0.3 is 17.9 Å². The maximum atomic E-state index is 12.4. The van der Waals surface area contributed by atoms with Crippen LogP contribution >= 0.6 is 0 Å². The normalized spacial score (nSPS) is 30.1. The fourth-order valence-electron chi connectivity index (χ4n) is 3.47. The van der Waals surface area contributed by atoms with E-state index >= 15 is 0 Å². The number of hydrogen-bond acceptors (Lipinski definition) is 7. The van der Waals surface area contributed by atoms with Crippen molar-refractivity contribution in [2.75, 3.05) is 0 Å². The molecule has 0 bridgehead atoms. The van der Waals surface area contributed by atoms with E-state index in [0.717, 1.165) is 0 Å². The van der Waals surface area contributed by atoms with Gasteiger partial charge in [-0.1, -0.05) is 24.8 Å². The smallest absolute Gasteiger partial charge is 0.334 e. The molecule has 1 heterocycles. The van der Waals surface area contributed by atoms with Crippen molar-refractivity contribution >= 4 is 23.7 Å². The fourth-order valence-corrected chi connectivity index (χ4v) is 3.47. The first-order valence-electron chi connectivity index (χ1n) is 9.33. The number of hydrogen-bond donors (Lipinski definition) is 0. The minimum atomic E-state index is -1.000. The predicted octanol–water partition coefficient (Wildman–Crippen LogP) is 2.76. The molecule has 1 saturated heterocycles. The largest absolute Gasteiger partial charge is 0.458 e. The summed E-state index contributed by atoms with van der Waals surface area (Å²) in [6.07, 6.45) is 0.326. The second-order valence-corrected chi connectivity index (χ2v) is 7.35. The third-order valence-electron chi connectivity index (χ3n) is 5.02. The second kappa shape index (κ2) is 9.03. The standard InChI is InChI=1S/C22H26O7/c1-7-12(3)21(25)28-17-9-11(2)8-16(24)10-13(4)19(27-15(6)23)20-18(17)14(5)22(26)29-20/h7,10,17-20H,2,5,8-9H2,1,3-4,6H3/b12-7+,13-10+/t17-,18-,19+,20+/m1/s1. The van der Waals surface area contributed by atoms with Crippen molar-refractivity contribution < 1.29 is 33.4 Å². The van der Waals surface area contributed by atoms with E-state index in [-0.39, 0.29) is 24.2 Å². The molecule has 0 spiro atoms. The number of carbonyl (C=O) groups excluding carboxylic acids is 4. The lowest BCUT2D eigenvalue weighted by Crippen LogP contribution is -2.43. The quantitative estimate of drug-likeness (QED) is 0.310. The van der Waals surface area contributed by atoms with Gasteiger partial charge in [0.1, 0.15) is 6.10 Å². The van der Waals surface area contributed by atoms with Gasteiger partial charge in [0.05, 0.1) is 5.92 Å². The van der Waals surface area contributed by atoms with E-state index in [9.17, 15) is 19.2 Å². The van der Waals surface area contributed by atoms with Gasteiger partial charge in [-0.3, -0.25) is 9.59 Å². The topological polar surface area (TPSA) is 96.0 Å². The zero-order chi connectivity index (χ0) is 21.9. The molecule has 0 aromatic rings. The first-order valence-corrected chi connectivity index (χ1v) is 9.33. The molecule has 0 N–H and O–H groups in total. The van der Waals surface area contributed by atoms with E-state index in [4.69, 9.17) is 14.2 Å². The van der Waals surface area contributed by atoms with E-state index in [1.165, 1.54) is 13.0 Å². The molecule has 7 heteroatoms. The monoisotopic (exact) mass is 402 g/mol. The van der Waals surface area contributed by atoms with E-state index in [0.29, 0.717) is 16.7 Å². The van der Waals surface area contributed by atoms with E-state index in [1.54, 1.807) is 26.8 Å². The predicted molar refractivity (Wildman–Crippen MR) is 105 cm³/mol. The molecule has 4 atom stereocenters. The van der Waals surface area contributed by atoms with Crippen molar-refractivity contribution in [3.8, 4) is 0 Å². The van der Waals surface area contributed by atoms with Gasteiger partial charge in [0, 0.05) is 30.9 Å². The minimum absolute atomic E-state index is 0.0411. The summed E-state index contributed by atoms with van der Waals surface area (Å²) in [5.74, 6) is -2.81. The number of ether oxygens (including phenoxy) is 3. The van der Waals surface area contributed by atoms with E-state index in [2.05, 4.69) is 13.2 Å². The molecule has 156 valence electrons. The average Bonchev–Trinajstić information content (AvgIpc) is 2.91. The number of rotatable bonds is 3. The summed E-state index contributed by atoms with van der Waals surface area (Å²) in [4.78, 5) is 48.8. The highest BCUT2D eigenvalue weighted by Gasteiger charge is 2.50. The van der Waals surface area contributed by atoms with Crippen molar-refractivity contribution in [3.63, 3.8) is 0 Å². The molecule has 1 aliphatic carbocycles. The molecule has 1 aliphatic heterocycles. The van der Waals surface area contributed by atoms with Crippen LogP contribution in [0.4, 0.5) is 0 Å². The van der Waals surface area contributed by atoms with Crippen LogP contribution < -0.4 is 0 Å². The Balaban J connectivity index is 2.55. The first-order chi connectivity index (χ1) is 13.5. The molecule has 0 amide bonds.